The van der Waals surface area contributed by atoms with Crippen LogP contribution in [0.15, 0.2) is 0 Å². The van der Waals surface area contributed by atoms with Gasteiger partial charge in [-0.3, -0.25) is 9.69 Å². The zero-order valence-electron chi connectivity index (χ0n) is 7.76. The molecular formula is C8H17NO2. The minimum Gasteiger partial charge on any atom is -0.464 e. The Balaban J connectivity index is 3.38. The van der Waals surface area contributed by atoms with Gasteiger partial charge in [-0.1, -0.05) is 13.8 Å². The van der Waals surface area contributed by atoms with Gasteiger partial charge < -0.3 is 4.74 Å². The van der Waals surface area contributed by atoms with E-state index in [0.29, 0.717) is 19.1 Å². The van der Waals surface area contributed by atoms with Crippen molar-refractivity contribution in [3.63, 3.8) is 0 Å². The van der Waals surface area contributed by atoms with Crippen molar-refractivity contribution in [1.29, 1.82) is 0 Å². The minimum atomic E-state index is -0.149. The van der Waals surface area contributed by atoms with E-state index in [9.17, 15) is 4.79 Å². The van der Waals surface area contributed by atoms with Crippen LogP contribution < -0.4 is 0 Å². The third-order valence-electron chi connectivity index (χ3n) is 1.02. The number of likely N-dealkylation sites (N-methyl/N-ethyl adjacent to an activating group) is 1. The van der Waals surface area contributed by atoms with E-state index >= 15 is 0 Å². The first kappa shape index (κ1) is 10.4. The summed E-state index contributed by atoms with van der Waals surface area (Å²) in [6.45, 7) is 4.92. The standard InChI is InChI=1S/C8H17NO2/c1-7(2)6-11-8(10)5-9(3)4/h7H,5-6H2,1-4H3. The topological polar surface area (TPSA) is 29.5 Å². The molecule has 0 aliphatic carbocycles. The van der Waals surface area contributed by atoms with Gasteiger partial charge in [-0.25, -0.2) is 0 Å². The van der Waals surface area contributed by atoms with Crippen molar-refractivity contribution in [2.75, 3.05) is 27.2 Å². The zero-order chi connectivity index (χ0) is 8.85. The van der Waals surface area contributed by atoms with Gasteiger partial charge in [0.1, 0.15) is 0 Å². The van der Waals surface area contributed by atoms with Gasteiger partial charge in [0.05, 0.1) is 13.2 Å². The maximum absolute atomic E-state index is 10.9. The highest BCUT2D eigenvalue weighted by Gasteiger charge is 2.04. The Morgan fingerprint density at radius 2 is 2.00 bits per heavy atom. The fourth-order valence-electron chi connectivity index (χ4n) is 0.563. The molecule has 0 aromatic carbocycles. The maximum Gasteiger partial charge on any atom is 0.320 e. The van der Waals surface area contributed by atoms with Crippen LogP contribution in [0.5, 0.6) is 0 Å². The van der Waals surface area contributed by atoms with Crippen LogP contribution in [0.3, 0.4) is 0 Å². The lowest BCUT2D eigenvalue weighted by atomic mass is 10.2. The SMILES string of the molecule is CC(C)COC(=O)CN(C)C. The molecule has 0 saturated carbocycles. The summed E-state index contributed by atoms with van der Waals surface area (Å²) in [7, 11) is 3.69. The van der Waals surface area contributed by atoms with Crippen LogP contribution in [0.1, 0.15) is 13.8 Å². The Kier molecular flexibility index (Phi) is 4.86. The van der Waals surface area contributed by atoms with E-state index in [1.165, 1.54) is 0 Å². The Bertz CT molecular complexity index is 121. The zero-order valence-corrected chi connectivity index (χ0v) is 7.76. The van der Waals surface area contributed by atoms with Crippen molar-refractivity contribution in [2.45, 2.75) is 13.8 Å². The highest BCUT2D eigenvalue weighted by Crippen LogP contribution is 1.92. The Labute approximate surface area is 68.3 Å². The predicted octanol–water partition coefficient (Wildman–Crippen LogP) is 0.747. The maximum atomic E-state index is 10.9. The summed E-state index contributed by atoms with van der Waals surface area (Å²) >= 11 is 0. The molecule has 0 spiro atoms. The second kappa shape index (κ2) is 5.13. The lowest BCUT2D eigenvalue weighted by Gasteiger charge is -2.10. The van der Waals surface area contributed by atoms with Crippen molar-refractivity contribution < 1.29 is 9.53 Å². The first-order chi connectivity index (χ1) is 5.02. The summed E-state index contributed by atoms with van der Waals surface area (Å²) in [6, 6.07) is 0. The van der Waals surface area contributed by atoms with Gasteiger partial charge in [0.15, 0.2) is 0 Å². The molecule has 0 N–H and O–H groups in total. The first-order valence-corrected chi connectivity index (χ1v) is 3.82. The van der Waals surface area contributed by atoms with Gasteiger partial charge in [-0.15, -0.1) is 0 Å². The molecule has 0 aromatic heterocycles. The third kappa shape index (κ3) is 7.33. The summed E-state index contributed by atoms with van der Waals surface area (Å²) in [6.07, 6.45) is 0. The number of carbonyl (C=O) groups is 1. The van der Waals surface area contributed by atoms with Crippen LogP contribution in [-0.2, 0) is 9.53 Å². The molecule has 0 rings (SSSR count). The Hall–Kier alpha value is -0.570. The molecule has 0 heterocycles. The number of hydrogen-bond acceptors (Lipinski definition) is 3. The number of carbonyl (C=O) groups excluding carboxylic acids is 1. The lowest BCUT2D eigenvalue weighted by Crippen LogP contribution is -2.24. The van der Waals surface area contributed by atoms with E-state index in [1.807, 2.05) is 27.9 Å². The monoisotopic (exact) mass is 159 g/mol. The van der Waals surface area contributed by atoms with E-state index in [-0.39, 0.29) is 5.97 Å². The summed E-state index contributed by atoms with van der Waals surface area (Å²) < 4.78 is 4.93. The highest BCUT2D eigenvalue weighted by atomic mass is 16.5. The average molecular weight is 159 g/mol. The van der Waals surface area contributed by atoms with Crippen molar-refractivity contribution in [3.8, 4) is 0 Å². The molecule has 11 heavy (non-hydrogen) atoms. The van der Waals surface area contributed by atoms with Crippen molar-refractivity contribution in [1.82, 2.24) is 4.90 Å². The quantitative estimate of drug-likeness (QED) is 0.567. The molecule has 0 aliphatic heterocycles. The molecule has 66 valence electrons. The molecule has 3 heteroatoms. The van der Waals surface area contributed by atoms with Crippen LogP contribution in [0.25, 0.3) is 0 Å². The lowest BCUT2D eigenvalue weighted by molar-refractivity contribution is -0.145. The molecule has 0 saturated heterocycles. The van der Waals surface area contributed by atoms with Gasteiger partial charge in [-0.2, -0.15) is 0 Å². The average Bonchev–Trinajstić information content (AvgIpc) is 1.82. The van der Waals surface area contributed by atoms with Gasteiger partial charge in [0, 0.05) is 0 Å². The van der Waals surface area contributed by atoms with Gasteiger partial charge in [0.2, 0.25) is 0 Å². The summed E-state index contributed by atoms with van der Waals surface area (Å²) in [5.41, 5.74) is 0. The van der Waals surface area contributed by atoms with E-state index < -0.39 is 0 Å². The van der Waals surface area contributed by atoms with Crippen molar-refractivity contribution in [3.05, 3.63) is 0 Å². The highest BCUT2D eigenvalue weighted by molar-refractivity contribution is 5.71. The van der Waals surface area contributed by atoms with Gasteiger partial charge >= 0.3 is 5.97 Å². The summed E-state index contributed by atoms with van der Waals surface area (Å²) in [5, 5.41) is 0. The molecular weight excluding hydrogens is 142 g/mol. The molecule has 0 atom stereocenters. The Morgan fingerprint density at radius 3 is 2.36 bits per heavy atom. The summed E-state index contributed by atoms with van der Waals surface area (Å²) in [5.74, 6) is 0.268. The largest absolute Gasteiger partial charge is 0.464 e. The van der Waals surface area contributed by atoms with Crippen molar-refractivity contribution in [2.24, 2.45) is 5.92 Å². The molecule has 0 radical (unpaired) electrons. The second-order valence-corrected chi connectivity index (χ2v) is 3.31. The predicted molar refractivity (Wildman–Crippen MR) is 44.4 cm³/mol. The molecule has 0 bridgehead atoms. The van der Waals surface area contributed by atoms with Crippen LogP contribution >= 0.6 is 0 Å². The van der Waals surface area contributed by atoms with Crippen molar-refractivity contribution >= 4 is 5.97 Å². The van der Waals surface area contributed by atoms with E-state index in [4.69, 9.17) is 4.74 Å². The minimum absolute atomic E-state index is 0.149. The molecule has 0 unspecified atom stereocenters. The third-order valence-corrected chi connectivity index (χ3v) is 1.02. The summed E-state index contributed by atoms with van der Waals surface area (Å²) in [4.78, 5) is 12.7. The van der Waals surface area contributed by atoms with Gasteiger partial charge in [-0.05, 0) is 20.0 Å². The Morgan fingerprint density at radius 1 is 1.45 bits per heavy atom. The molecule has 0 fully saturated rings. The normalized spacial score (nSPS) is 10.7. The van der Waals surface area contributed by atoms with E-state index in [1.54, 1.807) is 4.90 Å². The first-order valence-electron chi connectivity index (χ1n) is 3.82. The molecule has 0 aromatic rings. The van der Waals surface area contributed by atoms with E-state index in [2.05, 4.69) is 0 Å². The fraction of sp³-hybridized carbons (Fsp3) is 0.875. The van der Waals surface area contributed by atoms with Crippen LogP contribution in [0.4, 0.5) is 0 Å². The van der Waals surface area contributed by atoms with Crippen LogP contribution in [0, 0.1) is 5.92 Å². The molecule has 0 amide bonds. The molecule has 3 nitrogen and oxygen atoms in total. The van der Waals surface area contributed by atoms with Crippen LogP contribution in [-0.4, -0.2) is 38.1 Å². The number of nitrogens with zero attached hydrogens (tertiary/aromatic N) is 1. The number of esters is 1. The van der Waals surface area contributed by atoms with Gasteiger partial charge in [0.25, 0.3) is 0 Å². The smallest absolute Gasteiger partial charge is 0.320 e. The van der Waals surface area contributed by atoms with E-state index in [0.717, 1.165) is 0 Å². The molecule has 0 aliphatic rings. The second-order valence-electron chi connectivity index (χ2n) is 3.31. The number of hydrogen-bond donors (Lipinski definition) is 0. The fourth-order valence-corrected chi connectivity index (χ4v) is 0.563. The van der Waals surface area contributed by atoms with Crippen LogP contribution in [0.2, 0.25) is 0 Å². The number of rotatable bonds is 4. The number of ether oxygens (including phenoxy) is 1.